The molecule has 1 aliphatic carbocycles. The molecule has 0 amide bonds. The van der Waals surface area contributed by atoms with Crippen LogP contribution >= 0.6 is 0 Å². The predicted molar refractivity (Wildman–Crippen MR) is 68.9 cm³/mol. The highest BCUT2D eigenvalue weighted by Gasteiger charge is 2.17. The van der Waals surface area contributed by atoms with Gasteiger partial charge in [0.05, 0.1) is 0 Å². The van der Waals surface area contributed by atoms with E-state index in [1.54, 1.807) is 0 Å². The van der Waals surface area contributed by atoms with Crippen molar-refractivity contribution < 1.29 is 0 Å². The van der Waals surface area contributed by atoms with Gasteiger partial charge in [-0.05, 0) is 56.8 Å². The van der Waals surface area contributed by atoms with Crippen molar-refractivity contribution in [2.75, 3.05) is 0 Å². The van der Waals surface area contributed by atoms with Gasteiger partial charge in [0.1, 0.15) is 0 Å². The number of hydrogen-bond donors (Lipinski definition) is 0. The summed E-state index contributed by atoms with van der Waals surface area (Å²) in [6.45, 7) is 6.13. The van der Waals surface area contributed by atoms with Crippen LogP contribution in [-0.4, -0.2) is 0 Å². The Morgan fingerprint density at radius 1 is 1.07 bits per heavy atom. The van der Waals surface area contributed by atoms with Gasteiger partial charge in [0.25, 0.3) is 0 Å². The smallest absolute Gasteiger partial charge is 0.0236 e. The normalized spacial score (nSPS) is 27.0. The minimum absolute atomic E-state index is 0.817. The molecule has 0 radical (unpaired) electrons. The molecule has 86 valence electrons. The van der Waals surface area contributed by atoms with Crippen molar-refractivity contribution in [1.82, 2.24) is 0 Å². The van der Waals surface area contributed by atoms with E-state index in [1.165, 1.54) is 51.4 Å². The first-order valence-corrected chi connectivity index (χ1v) is 6.64. The molecule has 0 spiro atoms. The van der Waals surface area contributed by atoms with Crippen LogP contribution in [0.3, 0.4) is 0 Å². The quantitative estimate of drug-likeness (QED) is 0.529. The second-order valence-electron chi connectivity index (χ2n) is 4.85. The Morgan fingerprint density at radius 3 is 2.33 bits per heavy atom. The number of allylic oxidation sites excluding steroid dienone is 3. The van der Waals surface area contributed by atoms with Gasteiger partial charge in [-0.15, -0.1) is 6.58 Å². The van der Waals surface area contributed by atoms with Crippen LogP contribution in [0.2, 0.25) is 0 Å². The summed E-state index contributed by atoms with van der Waals surface area (Å²) < 4.78 is 0. The molecule has 0 nitrogen and oxygen atoms in total. The van der Waals surface area contributed by atoms with Crippen LogP contribution in [0.1, 0.15) is 58.3 Å². The van der Waals surface area contributed by atoms with Crippen molar-refractivity contribution in [3.63, 3.8) is 0 Å². The lowest BCUT2D eigenvalue weighted by Crippen LogP contribution is -2.12. The van der Waals surface area contributed by atoms with Crippen LogP contribution in [0.15, 0.2) is 24.8 Å². The molecule has 1 fully saturated rings. The van der Waals surface area contributed by atoms with E-state index in [1.807, 2.05) is 0 Å². The van der Waals surface area contributed by atoms with E-state index < -0.39 is 0 Å². The first-order chi connectivity index (χ1) is 7.36. The van der Waals surface area contributed by atoms with Crippen LogP contribution in [0, 0.1) is 11.8 Å². The minimum atomic E-state index is 0.817. The molecular weight excluding hydrogens is 180 g/mol. The molecule has 1 aliphatic rings. The van der Waals surface area contributed by atoms with Crippen molar-refractivity contribution in [1.29, 1.82) is 0 Å². The number of unbranched alkanes of at least 4 members (excludes halogenated alkanes) is 1. The van der Waals surface area contributed by atoms with E-state index in [4.69, 9.17) is 0 Å². The first-order valence-electron chi connectivity index (χ1n) is 6.64. The summed E-state index contributed by atoms with van der Waals surface area (Å²) in [5.74, 6) is 1.81. The first kappa shape index (κ1) is 12.5. The molecule has 1 saturated carbocycles. The Hall–Kier alpha value is -0.520. The number of hydrogen-bond acceptors (Lipinski definition) is 0. The summed E-state index contributed by atoms with van der Waals surface area (Å²) in [5, 5.41) is 0. The molecule has 0 unspecified atom stereocenters. The molecule has 0 aromatic heterocycles. The molecule has 0 heteroatoms. The largest absolute Gasteiger partial charge is 0.103 e. The fourth-order valence-electron chi connectivity index (χ4n) is 2.45. The second-order valence-corrected chi connectivity index (χ2v) is 4.85. The molecule has 0 aromatic carbocycles. The summed E-state index contributed by atoms with van der Waals surface area (Å²) in [6.07, 6.45) is 17.7. The fraction of sp³-hybridized carbons (Fsp3) is 0.733. The van der Waals surface area contributed by atoms with Gasteiger partial charge in [0.15, 0.2) is 0 Å². The zero-order valence-electron chi connectivity index (χ0n) is 10.3. The van der Waals surface area contributed by atoms with Crippen molar-refractivity contribution in [2.24, 2.45) is 11.8 Å². The predicted octanol–water partition coefficient (Wildman–Crippen LogP) is 5.12. The molecule has 0 aromatic rings. The fourth-order valence-corrected chi connectivity index (χ4v) is 2.45. The summed E-state index contributed by atoms with van der Waals surface area (Å²) >= 11 is 0. The Bertz CT molecular complexity index is 182. The van der Waals surface area contributed by atoms with E-state index >= 15 is 0 Å². The molecule has 0 bridgehead atoms. The third-order valence-corrected chi connectivity index (χ3v) is 3.59. The Balaban J connectivity index is 2.05. The van der Waals surface area contributed by atoms with Gasteiger partial charge in [-0.3, -0.25) is 0 Å². The second kappa shape index (κ2) is 7.73. The third-order valence-electron chi connectivity index (χ3n) is 3.59. The maximum absolute atomic E-state index is 3.89. The van der Waals surface area contributed by atoms with Gasteiger partial charge in [0.2, 0.25) is 0 Å². The molecule has 0 atom stereocenters. The highest BCUT2D eigenvalue weighted by Crippen LogP contribution is 2.31. The van der Waals surface area contributed by atoms with E-state index in [0.717, 1.165) is 11.8 Å². The topological polar surface area (TPSA) is 0 Å². The maximum Gasteiger partial charge on any atom is -0.0236 e. The third kappa shape index (κ3) is 5.20. The Kier molecular flexibility index (Phi) is 6.47. The van der Waals surface area contributed by atoms with Gasteiger partial charge in [-0.2, -0.15) is 0 Å². The minimum Gasteiger partial charge on any atom is -0.103 e. The zero-order chi connectivity index (χ0) is 10.9. The van der Waals surface area contributed by atoms with Gasteiger partial charge in [-0.25, -0.2) is 0 Å². The van der Waals surface area contributed by atoms with Crippen LogP contribution < -0.4 is 0 Å². The molecule has 15 heavy (non-hydrogen) atoms. The van der Waals surface area contributed by atoms with Gasteiger partial charge in [-0.1, -0.05) is 31.6 Å². The van der Waals surface area contributed by atoms with E-state index in [-0.39, 0.29) is 0 Å². The lowest BCUT2D eigenvalue weighted by Gasteiger charge is -2.26. The summed E-state index contributed by atoms with van der Waals surface area (Å²) in [5.41, 5.74) is 0. The van der Waals surface area contributed by atoms with Gasteiger partial charge < -0.3 is 0 Å². The van der Waals surface area contributed by atoms with Crippen LogP contribution in [-0.2, 0) is 0 Å². The maximum atomic E-state index is 3.89. The highest BCUT2D eigenvalue weighted by molar-refractivity contribution is 4.86. The zero-order valence-corrected chi connectivity index (χ0v) is 10.3. The van der Waals surface area contributed by atoms with E-state index in [0.29, 0.717) is 0 Å². The molecular formula is C15H26. The van der Waals surface area contributed by atoms with Crippen molar-refractivity contribution in [2.45, 2.75) is 58.3 Å². The summed E-state index contributed by atoms with van der Waals surface area (Å²) in [7, 11) is 0. The van der Waals surface area contributed by atoms with Gasteiger partial charge >= 0.3 is 0 Å². The molecule has 0 heterocycles. The van der Waals surface area contributed by atoms with Gasteiger partial charge in [0, 0.05) is 0 Å². The molecule has 1 rings (SSSR count). The summed E-state index contributed by atoms with van der Waals surface area (Å²) in [4.78, 5) is 0. The van der Waals surface area contributed by atoms with Crippen LogP contribution in [0.4, 0.5) is 0 Å². The average Bonchev–Trinajstić information content (AvgIpc) is 2.30. The lowest BCUT2D eigenvalue weighted by molar-refractivity contribution is 0.297. The SMILES string of the molecule is C=CC1CCC(CCC=CCCC)CC1. The van der Waals surface area contributed by atoms with E-state index in [2.05, 4.69) is 31.7 Å². The average molecular weight is 206 g/mol. The van der Waals surface area contributed by atoms with Crippen molar-refractivity contribution >= 4 is 0 Å². The van der Waals surface area contributed by atoms with Crippen molar-refractivity contribution in [3.05, 3.63) is 24.8 Å². The highest BCUT2D eigenvalue weighted by atomic mass is 14.2. The van der Waals surface area contributed by atoms with Crippen molar-refractivity contribution in [3.8, 4) is 0 Å². The summed E-state index contributed by atoms with van der Waals surface area (Å²) in [6, 6.07) is 0. The molecule has 0 aliphatic heterocycles. The standard InChI is InChI=1S/C15H26/c1-3-5-6-7-8-9-15-12-10-14(4-2)11-13-15/h4,6-7,14-15H,2-3,5,8-13H2,1H3. The Morgan fingerprint density at radius 2 is 1.73 bits per heavy atom. The molecule has 0 saturated heterocycles. The lowest BCUT2D eigenvalue weighted by atomic mass is 9.80. The van der Waals surface area contributed by atoms with Crippen LogP contribution in [0.5, 0.6) is 0 Å². The van der Waals surface area contributed by atoms with E-state index in [9.17, 15) is 0 Å². The van der Waals surface area contributed by atoms with Crippen LogP contribution in [0.25, 0.3) is 0 Å². The Labute approximate surface area is 95.5 Å². The monoisotopic (exact) mass is 206 g/mol. The molecule has 0 N–H and O–H groups in total. The number of rotatable bonds is 6.